The first-order valence-corrected chi connectivity index (χ1v) is 9.91. The molecule has 0 amide bonds. The summed E-state index contributed by atoms with van der Waals surface area (Å²) < 4.78 is 42.5. The summed E-state index contributed by atoms with van der Waals surface area (Å²) >= 11 is -0.187. The normalized spacial score (nSPS) is 24.2. The van der Waals surface area contributed by atoms with E-state index in [1.165, 1.54) is 11.3 Å². The van der Waals surface area contributed by atoms with Crippen molar-refractivity contribution >= 4 is 30.0 Å². The number of nitrogens with zero attached hydrogens (tertiary/aromatic N) is 3. The standard InChI is InChI=1S/C11H10F2N3S.C2H3F.Al/c1-7-6-16(10-14-2-3-17-10)15-9(7)8-4-11(12,13)5-8;1-2-3;/h2-3,8H,4-5H2,1H3;2H,1H2;. The van der Waals surface area contributed by atoms with Gasteiger partial charge in [0.25, 0.3) is 0 Å². The van der Waals surface area contributed by atoms with Crippen molar-refractivity contribution in [3.63, 3.8) is 0 Å². The van der Waals surface area contributed by atoms with Gasteiger partial charge in [0.2, 0.25) is 11.1 Å². The zero-order valence-corrected chi connectivity index (χ0v) is 13.4. The van der Waals surface area contributed by atoms with Crippen LogP contribution in [0.4, 0.5) is 13.2 Å². The number of thiazole rings is 1. The maximum Gasteiger partial charge on any atom is 0.385 e. The van der Waals surface area contributed by atoms with Gasteiger partial charge in [-0.15, -0.1) is 11.3 Å². The van der Waals surface area contributed by atoms with Crippen LogP contribution < -0.4 is 4.56 Å². The predicted octanol–water partition coefficient (Wildman–Crippen LogP) is 2.74. The van der Waals surface area contributed by atoms with Crippen LogP contribution in [-0.2, 0) is 0 Å². The third-order valence-corrected chi connectivity index (χ3v) is 7.90. The molecular formula is C13H13AlF3N3S. The van der Waals surface area contributed by atoms with E-state index in [1.807, 2.05) is 12.3 Å². The molecule has 0 radical (unpaired) electrons. The second-order valence-electron chi connectivity index (χ2n) is 5.94. The second kappa shape index (κ2) is 4.58. The molecule has 1 aliphatic carbocycles. The van der Waals surface area contributed by atoms with E-state index < -0.39 is 25.1 Å². The molecule has 2 aromatic heterocycles. The van der Waals surface area contributed by atoms with Crippen molar-refractivity contribution in [1.82, 2.24) is 14.8 Å². The lowest BCUT2D eigenvalue weighted by atomic mass is 9.78. The fraction of sp³-hybridized carbons (Fsp3) is 0.538. The molecule has 1 saturated heterocycles. The molecule has 0 bridgehead atoms. The average molecular weight is 327 g/mol. The van der Waals surface area contributed by atoms with E-state index in [0.717, 1.165) is 15.8 Å². The van der Waals surface area contributed by atoms with Gasteiger partial charge in [-0.1, -0.05) is 5.28 Å². The smallest absolute Gasteiger partial charge is 0.265 e. The number of alkyl halides is 3. The summed E-state index contributed by atoms with van der Waals surface area (Å²) in [4.78, 5) is 4.24. The highest BCUT2D eigenvalue weighted by Crippen LogP contribution is 2.48. The monoisotopic (exact) mass is 327 g/mol. The Bertz CT molecular complexity index is 677. The molecule has 0 aromatic carbocycles. The first-order chi connectivity index (χ1) is 9.96. The van der Waals surface area contributed by atoms with E-state index in [4.69, 9.17) is 0 Å². The molecule has 1 unspecified atom stereocenters. The lowest BCUT2D eigenvalue weighted by molar-refractivity contribution is -0.0877. The van der Waals surface area contributed by atoms with Gasteiger partial charge in [0.1, 0.15) is 0 Å². The van der Waals surface area contributed by atoms with Crippen LogP contribution in [0.3, 0.4) is 0 Å². The molecule has 2 fully saturated rings. The van der Waals surface area contributed by atoms with Crippen LogP contribution in [0.1, 0.15) is 30.0 Å². The van der Waals surface area contributed by atoms with Crippen LogP contribution in [0.25, 0.3) is 5.13 Å². The van der Waals surface area contributed by atoms with Crippen molar-refractivity contribution in [3.05, 3.63) is 22.8 Å². The summed E-state index contributed by atoms with van der Waals surface area (Å²) in [6.07, 6.45) is 1.39. The highest BCUT2D eigenvalue weighted by molar-refractivity contribution is 7.12. The maximum absolute atomic E-state index is 13.6. The van der Waals surface area contributed by atoms with Crippen molar-refractivity contribution in [2.75, 3.05) is 0 Å². The Kier molecular flexibility index (Phi) is 3.01. The fourth-order valence-corrected chi connectivity index (χ4v) is 6.32. The molecule has 3 nitrogen and oxygen atoms in total. The van der Waals surface area contributed by atoms with E-state index >= 15 is 0 Å². The quantitative estimate of drug-likeness (QED) is 0.812. The van der Waals surface area contributed by atoms with Gasteiger partial charge in [-0.25, -0.2) is 18.4 Å². The molecule has 21 heavy (non-hydrogen) atoms. The SMILES string of the molecule is Cc1c(C2CC(F)(F)C2)nn(-c2nccs2)[c]1[Al]1[CH2][CH]1F. The maximum atomic E-state index is 13.6. The Hall–Kier alpha value is -0.838. The van der Waals surface area contributed by atoms with Gasteiger partial charge in [-0.2, -0.15) is 5.10 Å². The van der Waals surface area contributed by atoms with Crippen molar-refractivity contribution in [2.24, 2.45) is 0 Å². The van der Waals surface area contributed by atoms with E-state index in [9.17, 15) is 13.2 Å². The first kappa shape index (κ1) is 13.8. The summed E-state index contributed by atoms with van der Waals surface area (Å²) in [5.41, 5.74) is 1.64. The third-order valence-electron chi connectivity index (χ3n) is 4.35. The molecule has 110 valence electrons. The number of hydrogen-bond acceptors (Lipinski definition) is 3. The Labute approximate surface area is 128 Å². The van der Waals surface area contributed by atoms with Crippen LogP contribution in [0.5, 0.6) is 0 Å². The first-order valence-electron chi connectivity index (χ1n) is 6.97. The average Bonchev–Trinajstić information content (AvgIpc) is 2.81. The van der Waals surface area contributed by atoms with Crippen molar-refractivity contribution < 1.29 is 13.2 Å². The van der Waals surface area contributed by atoms with Crippen LogP contribution in [0.2, 0.25) is 5.28 Å². The molecular weight excluding hydrogens is 314 g/mol. The minimum absolute atomic E-state index is 0.145. The molecule has 8 heteroatoms. The highest BCUT2D eigenvalue weighted by atomic mass is 32.1. The molecule has 2 aromatic rings. The molecule has 3 heterocycles. The van der Waals surface area contributed by atoms with Crippen LogP contribution in [0.15, 0.2) is 11.6 Å². The number of aromatic nitrogens is 3. The number of halogens is 3. The summed E-state index contributed by atoms with van der Waals surface area (Å²) in [5, 5.41) is 6.99. The van der Waals surface area contributed by atoms with E-state index in [2.05, 4.69) is 10.1 Å². The van der Waals surface area contributed by atoms with E-state index in [0.29, 0.717) is 10.4 Å². The van der Waals surface area contributed by atoms with Crippen LogP contribution >= 0.6 is 11.3 Å². The van der Waals surface area contributed by atoms with Crippen LogP contribution in [0, 0.1) is 6.92 Å². The number of rotatable bonds is 3. The second-order valence-corrected chi connectivity index (χ2v) is 9.77. The number of hydrogen-bond donors (Lipinski definition) is 0. The highest BCUT2D eigenvalue weighted by Gasteiger charge is 2.53. The van der Waals surface area contributed by atoms with Crippen LogP contribution in [-0.4, -0.2) is 39.9 Å². The molecule has 1 aliphatic heterocycles. The van der Waals surface area contributed by atoms with E-state index in [1.54, 1.807) is 10.9 Å². The molecule has 4 rings (SSSR count). The minimum Gasteiger partial charge on any atom is -0.265 e. The van der Waals surface area contributed by atoms with Gasteiger partial charge in [0.05, 0.1) is 5.69 Å². The molecule has 0 spiro atoms. The topological polar surface area (TPSA) is 30.7 Å². The summed E-state index contributed by atoms with van der Waals surface area (Å²) in [6.45, 7) is 1.90. The van der Waals surface area contributed by atoms with Gasteiger partial charge in [-0.3, -0.25) is 4.39 Å². The van der Waals surface area contributed by atoms with E-state index in [-0.39, 0.29) is 18.8 Å². The molecule has 2 aliphatic rings. The van der Waals surface area contributed by atoms with Gasteiger partial charge in [0.15, 0.2) is 0 Å². The molecule has 1 saturated carbocycles. The Morgan fingerprint density at radius 2 is 2.14 bits per heavy atom. The summed E-state index contributed by atoms with van der Waals surface area (Å²) in [5.74, 6) is -2.77. The van der Waals surface area contributed by atoms with Gasteiger partial charge in [-0.05, 0) is 17.0 Å². The van der Waals surface area contributed by atoms with Crippen molar-refractivity contribution in [3.8, 4) is 5.13 Å². The zero-order valence-electron chi connectivity index (χ0n) is 11.4. The lowest BCUT2D eigenvalue weighted by Gasteiger charge is -2.34. The van der Waals surface area contributed by atoms with Crippen molar-refractivity contribution in [2.45, 2.75) is 41.9 Å². The van der Waals surface area contributed by atoms with Gasteiger partial charge < -0.3 is 0 Å². The Morgan fingerprint density at radius 3 is 2.67 bits per heavy atom. The Balaban J connectivity index is 1.76. The van der Waals surface area contributed by atoms with Gasteiger partial charge in [0, 0.05) is 35.4 Å². The minimum atomic E-state index is -2.57. The summed E-state index contributed by atoms with van der Waals surface area (Å²) in [7, 11) is 0. The largest absolute Gasteiger partial charge is 0.385 e. The van der Waals surface area contributed by atoms with Crippen molar-refractivity contribution in [1.29, 1.82) is 0 Å². The molecule has 0 N–H and O–H groups in total. The van der Waals surface area contributed by atoms with Gasteiger partial charge >= 0.3 is 14.1 Å². The predicted molar refractivity (Wildman–Crippen MR) is 76.0 cm³/mol. The molecule has 1 atom stereocenters. The fourth-order valence-electron chi connectivity index (χ4n) is 3.12. The third kappa shape index (κ3) is 2.24. The Morgan fingerprint density at radius 1 is 1.43 bits per heavy atom. The summed E-state index contributed by atoms with van der Waals surface area (Å²) in [6, 6.07) is 0. The lowest BCUT2D eigenvalue weighted by Crippen LogP contribution is -2.34. The zero-order chi connectivity index (χ0) is 14.8.